The molecule has 0 unspecified atom stereocenters. The predicted molar refractivity (Wildman–Crippen MR) is 120 cm³/mol. The van der Waals surface area contributed by atoms with Crippen LogP contribution in [0.25, 0.3) is 10.9 Å². The van der Waals surface area contributed by atoms with Crippen molar-refractivity contribution in [3.8, 4) is 0 Å². The van der Waals surface area contributed by atoms with Gasteiger partial charge in [-0.2, -0.15) is 0 Å². The molecule has 0 fully saturated rings. The van der Waals surface area contributed by atoms with Crippen molar-refractivity contribution in [1.82, 2.24) is 9.78 Å². The van der Waals surface area contributed by atoms with Crippen molar-refractivity contribution in [3.05, 3.63) is 93.2 Å². The molecule has 0 aliphatic heterocycles. The van der Waals surface area contributed by atoms with Gasteiger partial charge in [-0.15, -0.1) is 0 Å². The second kappa shape index (κ2) is 7.66. The summed E-state index contributed by atoms with van der Waals surface area (Å²) in [5.74, 6) is 0. The highest BCUT2D eigenvalue weighted by atomic mass is 35.5. The summed E-state index contributed by atoms with van der Waals surface area (Å²) in [4.78, 5) is 12.7. The van der Waals surface area contributed by atoms with E-state index in [1.165, 1.54) is 17.4 Å². The zero-order chi connectivity index (χ0) is 21.5. The standard InChI is InChI=1S/C22H20ClN3O3S/c1-15-19(23)9-6-10-21(15)30(28,29)25(2)17-11-12-20-18(13-17)22(27)24-26(20)14-16-7-4-3-5-8-16/h3-13H,14H2,1-2H3,(H,24,27). The van der Waals surface area contributed by atoms with E-state index in [2.05, 4.69) is 5.10 Å². The topological polar surface area (TPSA) is 75.2 Å². The van der Waals surface area contributed by atoms with E-state index >= 15 is 0 Å². The van der Waals surface area contributed by atoms with Gasteiger partial charge >= 0.3 is 0 Å². The van der Waals surface area contributed by atoms with Gasteiger partial charge in [-0.05, 0) is 48.4 Å². The zero-order valence-corrected chi connectivity index (χ0v) is 18.0. The molecule has 3 aromatic carbocycles. The number of hydrogen-bond acceptors (Lipinski definition) is 3. The number of sulfonamides is 1. The lowest BCUT2D eigenvalue weighted by molar-refractivity contribution is 0.594. The Morgan fingerprint density at radius 1 is 1.03 bits per heavy atom. The van der Waals surface area contributed by atoms with E-state index in [-0.39, 0.29) is 10.5 Å². The van der Waals surface area contributed by atoms with Gasteiger partial charge in [0, 0.05) is 12.1 Å². The van der Waals surface area contributed by atoms with Crippen LogP contribution in [0, 0.1) is 6.92 Å². The van der Waals surface area contributed by atoms with Gasteiger partial charge in [0.25, 0.3) is 15.6 Å². The first-order valence-electron chi connectivity index (χ1n) is 9.29. The Hall–Kier alpha value is -3.03. The van der Waals surface area contributed by atoms with Crippen LogP contribution in [0.5, 0.6) is 0 Å². The van der Waals surface area contributed by atoms with Crippen LogP contribution in [0.2, 0.25) is 5.02 Å². The molecule has 1 N–H and O–H groups in total. The van der Waals surface area contributed by atoms with Crippen molar-refractivity contribution < 1.29 is 8.42 Å². The van der Waals surface area contributed by atoms with Crippen LogP contribution in [-0.4, -0.2) is 25.2 Å². The third-order valence-corrected chi connectivity index (χ3v) is 7.50. The normalized spacial score (nSPS) is 11.7. The number of halogens is 1. The summed E-state index contributed by atoms with van der Waals surface area (Å²) in [7, 11) is -2.37. The van der Waals surface area contributed by atoms with Crippen molar-refractivity contribution >= 4 is 38.2 Å². The van der Waals surface area contributed by atoms with Crippen molar-refractivity contribution in [2.45, 2.75) is 18.4 Å². The number of nitrogens with zero attached hydrogens (tertiary/aromatic N) is 2. The van der Waals surface area contributed by atoms with Gasteiger partial charge < -0.3 is 0 Å². The van der Waals surface area contributed by atoms with Gasteiger partial charge in [-0.1, -0.05) is 48.0 Å². The highest BCUT2D eigenvalue weighted by Crippen LogP contribution is 2.29. The Labute approximate surface area is 179 Å². The maximum absolute atomic E-state index is 13.1. The van der Waals surface area contributed by atoms with E-state index in [4.69, 9.17) is 11.6 Å². The van der Waals surface area contributed by atoms with Gasteiger partial charge in [0.05, 0.1) is 28.0 Å². The first-order valence-corrected chi connectivity index (χ1v) is 11.1. The maximum atomic E-state index is 13.1. The van der Waals surface area contributed by atoms with E-state index < -0.39 is 10.0 Å². The van der Waals surface area contributed by atoms with Crippen LogP contribution in [-0.2, 0) is 16.6 Å². The molecular formula is C22H20ClN3O3S. The third kappa shape index (κ3) is 3.51. The van der Waals surface area contributed by atoms with Gasteiger partial charge in [-0.3, -0.25) is 18.9 Å². The summed E-state index contributed by atoms with van der Waals surface area (Å²) in [5, 5.41) is 3.64. The fourth-order valence-corrected chi connectivity index (χ4v) is 5.09. The average molecular weight is 442 g/mol. The molecule has 0 aliphatic rings. The molecule has 0 saturated carbocycles. The Bertz CT molecular complexity index is 1390. The summed E-state index contributed by atoms with van der Waals surface area (Å²) in [6.07, 6.45) is 0. The Morgan fingerprint density at radius 3 is 2.50 bits per heavy atom. The third-order valence-electron chi connectivity index (χ3n) is 5.16. The van der Waals surface area contributed by atoms with E-state index in [1.807, 2.05) is 30.3 Å². The van der Waals surface area contributed by atoms with E-state index in [9.17, 15) is 13.2 Å². The van der Waals surface area contributed by atoms with Crippen molar-refractivity contribution in [1.29, 1.82) is 0 Å². The highest BCUT2D eigenvalue weighted by Gasteiger charge is 2.24. The number of H-pyrrole nitrogens is 1. The largest absolute Gasteiger partial charge is 0.280 e. The van der Waals surface area contributed by atoms with Crippen LogP contribution in [0.3, 0.4) is 0 Å². The number of nitrogens with one attached hydrogen (secondary N) is 1. The summed E-state index contributed by atoms with van der Waals surface area (Å²) < 4.78 is 29.2. The summed E-state index contributed by atoms with van der Waals surface area (Å²) >= 11 is 6.11. The Balaban J connectivity index is 1.74. The lowest BCUT2D eigenvalue weighted by Crippen LogP contribution is -2.27. The summed E-state index contributed by atoms with van der Waals surface area (Å²) in [6.45, 7) is 2.18. The fraction of sp³-hybridized carbons (Fsp3) is 0.136. The van der Waals surface area contributed by atoms with Crippen molar-refractivity contribution in [2.24, 2.45) is 0 Å². The Kier molecular flexibility index (Phi) is 5.17. The number of aromatic nitrogens is 2. The molecular weight excluding hydrogens is 422 g/mol. The molecule has 8 heteroatoms. The molecule has 0 atom stereocenters. The lowest BCUT2D eigenvalue weighted by atomic mass is 10.2. The molecule has 0 amide bonds. The molecule has 0 spiro atoms. The smallest absolute Gasteiger partial charge is 0.272 e. The van der Waals surface area contributed by atoms with Gasteiger partial charge in [-0.25, -0.2) is 8.42 Å². The van der Waals surface area contributed by atoms with E-state index in [0.29, 0.717) is 33.7 Å². The molecule has 1 aromatic heterocycles. The number of hydrogen-bond donors (Lipinski definition) is 1. The Morgan fingerprint density at radius 2 is 1.77 bits per heavy atom. The number of benzene rings is 3. The molecule has 0 saturated heterocycles. The van der Waals surface area contributed by atoms with Crippen LogP contribution < -0.4 is 9.86 Å². The van der Waals surface area contributed by atoms with Crippen molar-refractivity contribution in [2.75, 3.05) is 11.4 Å². The molecule has 0 aliphatic carbocycles. The molecule has 4 aromatic rings. The van der Waals surface area contributed by atoms with Crippen molar-refractivity contribution in [3.63, 3.8) is 0 Å². The quantitative estimate of drug-likeness (QED) is 0.505. The number of rotatable bonds is 5. The van der Waals surface area contributed by atoms with Gasteiger partial charge in [0.15, 0.2) is 0 Å². The molecule has 0 bridgehead atoms. The second-order valence-electron chi connectivity index (χ2n) is 7.05. The molecule has 154 valence electrons. The monoisotopic (exact) mass is 441 g/mol. The van der Waals surface area contributed by atoms with Crippen LogP contribution in [0.15, 0.2) is 76.4 Å². The van der Waals surface area contributed by atoms with E-state index in [1.54, 1.807) is 41.9 Å². The maximum Gasteiger partial charge on any atom is 0.272 e. The van der Waals surface area contributed by atoms with Gasteiger partial charge in [0.1, 0.15) is 0 Å². The van der Waals surface area contributed by atoms with E-state index in [0.717, 1.165) is 5.56 Å². The molecule has 0 radical (unpaired) electrons. The van der Waals surface area contributed by atoms with Gasteiger partial charge in [0.2, 0.25) is 0 Å². The second-order valence-corrected chi connectivity index (χ2v) is 9.39. The molecule has 4 rings (SSSR count). The minimum Gasteiger partial charge on any atom is -0.280 e. The number of anilines is 1. The number of fused-ring (bicyclic) bond motifs is 1. The van der Waals surface area contributed by atoms with Crippen LogP contribution in [0.1, 0.15) is 11.1 Å². The van der Waals surface area contributed by atoms with Crippen LogP contribution >= 0.6 is 11.6 Å². The lowest BCUT2D eigenvalue weighted by Gasteiger charge is -2.21. The first kappa shape index (κ1) is 20.3. The minimum absolute atomic E-state index is 0.133. The summed E-state index contributed by atoms with van der Waals surface area (Å²) in [5.41, 5.74) is 2.36. The predicted octanol–water partition coefficient (Wildman–Crippen LogP) is 4.16. The fourth-order valence-electron chi connectivity index (χ4n) is 3.42. The SMILES string of the molecule is Cc1c(Cl)cccc1S(=O)(=O)N(C)c1ccc2c(c1)c(=O)[nH]n2Cc1ccccc1. The average Bonchev–Trinajstić information content (AvgIpc) is 3.04. The minimum atomic E-state index is -3.84. The molecule has 1 heterocycles. The van der Waals surface area contributed by atoms with Crippen LogP contribution in [0.4, 0.5) is 5.69 Å². The zero-order valence-electron chi connectivity index (χ0n) is 16.5. The highest BCUT2D eigenvalue weighted by molar-refractivity contribution is 7.92. The molecule has 30 heavy (non-hydrogen) atoms. The first-order chi connectivity index (χ1) is 14.3. The summed E-state index contributed by atoms with van der Waals surface area (Å²) in [6, 6.07) is 19.6. The molecule has 6 nitrogen and oxygen atoms in total. The number of aromatic amines is 1.